The molecule has 0 aromatic rings. The molecule has 0 fully saturated rings. The van der Waals surface area contributed by atoms with Crippen LogP contribution in [-0.2, 0) is 24.3 Å². The Kier molecular flexibility index (Phi) is 43.7. The molecule has 0 atom stereocenters. The van der Waals surface area contributed by atoms with E-state index in [0.717, 1.165) is 0 Å². The minimum absolute atomic E-state index is 0.500. The van der Waals surface area contributed by atoms with Gasteiger partial charge >= 0.3 is 24.3 Å². The van der Waals surface area contributed by atoms with Crippen molar-refractivity contribution in [3.63, 3.8) is 0 Å². The Morgan fingerprint density at radius 2 is 1.40 bits per heavy atom. The zero-order chi connectivity index (χ0) is 4.71. The molecule has 1 nitrogen and oxygen atoms in total. The van der Waals surface area contributed by atoms with E-state index in [1.807, 2.05) is 0 Å². The molecule has 5 heavy (non-hydrogen) atoms. The molecule has 0 aliphatic heterocycles. The summed E-state index contributed by atoms with van der Waals surface area (Å²) in [5.41, 5.74) is 0. The zero-order valence-corrected chi connectivity index (χ0v) is 5.76. The standard InChI is InChI=1S/C3H8.Nb.O/c1-3-2;;/h3H2,1-2H3;;. The number of hydrogen-bond donors (Lipinski definition) is 0. The molecule has 0 bridgehead atoms. The molecule has 0 rings (SSSR count). The maximum absolute atomic E-state index is 8.30. The van der Waals surface area contributed by atoms with Crippen molar-refractivity contribution in [2.45, 2.75) is 20.3 Å². The van der Waals surface area contributed by atoms with E-state index in [1.165, 1.54) is 6.42 Å². The van der Waals surface area contributed by atoms with Gasteiger partial charge in [-0.25, -0.2) is 0 Å². The zero-order valence-electron chi connectivity index (χ0n) is 3.56. The Balaban J connectivity index is 0. The molecule has 0 saturated carbocycles. The van der Waals surface area contributed by atoms with Gasteiger partial charge in [0.15, 0.2) is 0 Å². The average molecular weight is 153 g/mol. The predicted octanol–water partition coefficient (Wildman–Crippen LogP) is 1.29. The van der Waals surface area contributed by atoms with E-state index in [-0.39, 0.29) is 0 Å². The minimum atomic E-state index is 0.500. The van der Waals surface area contributed by atoms with Gasteiger partial charge in [-0.05, 0) is 0 Å². The van der Waals surface area contributed by atoms with Crippen LogP contribution in [0.25, 0.3) is 0 Å². The normalized spacial score (nSPS) is 4.20. The van der Waals surface area contributed by atoms with Crippen molar-refractivity contribution in [1.82, 2.24) is 0 Å². The number of hydrogen-bond acceptors (Lipinski definition) is 1. The van der Waals surface area contributed by atoms with E-state index in [2.05, 4.69) is 13.8 Å². The van der Waals surface area contributed by atoms with Crippen molar-refractivity contribution in [3.05, 3.63) is 0 Å². The second-order valence-electron chi connectivity index (χ2n) is 0.707. The third kappa shape index (κ3) is 100. The molecule has 0 radical (unpaired) electrons. The van der Waals surface area contributed by atoms with Crippen molar-refractivity contribution >= 4 is 0 Å². The molecule has 0 spiro atoms. The molecule has 31 valence electrons. The first-order valence-corrected chi connectivity index (χ1v) is 2.49. The van der Waals surface area contributed by atoms with Crippen LogP contribution < -0.4 is 0 Å². The summed E-state index contributed by atoms with van der Waals surface area (Å²) < 4.78 is 8.30. The van der Waals surface area contributed by atoms with Crippen molar-refractivity contribution < 1.29 is 24.3 Å². The van der Waals surface area contributed by atoms with Gasteiger partial charge in [0.2, 0.25) is 0 Å². The summed E-state index contributed by atoms with van der Waals surface area (Å²) in [6, 6.07) is 0. The summed E-state index contributed by atoms with van der Waals surface area (Å²) in [4.78, 5) is 0. The van der Waals surface area contributed by atoms with Crippen molar-refractivity contribution in [1.29, 1.82) is 0 Å². The molecule has 0 aromatic carbocycles. The van der Waals surface area contributed by atoms with Gasteiger partial charge in [0, 0.05) is 0 Å². The molecule has 2 heteroatoms. The summed E-state index contributed by atoms with van der Waals surface area (Å²) in [6.45, 7) is 4.25. The molecular weight excluding hydrogens is 145 g/mol. The summed E-state index contributed by atoms with van der Waals surface area (Å²) in [5.74, 6) is 0. The number of rotatable bonds is 0. The first kappa shape index (κ1) is 9.11. The van der Waals surface area contributed by atoms with Crippen LogP contribution in [0.5, 0.6) is 0 Å². The average Bonchev–Trinajstić information content (AvgIpc) is 1.46. The van der Waals surface area contributed by atoms with E-state index in [9.17, 15) is 0 Å². The topological polar surface area (TPSA) is 17.1 Å². The van der Waals surface area contributed by atoms with Crippen LogP contribution in [0.4, 0.5) is 0 Å². The van der Waals surface area contributed by atoms with Gasteiger partial charge in [-0.15, -0.1) is 0 Å². The molecule has 0 aliphatic rings. The van der Waals surface area contributed by atoms with Crippen LogP contribution in [0.2, 0.25) is 0 Å². The molecule has 0 N–H and O–H groups in total. The predicted molar refractivity (Wildman–Crippen MR) is 16.7 cm³/mol. The maximum atomic E-state index is 8.30. The van der Waals surface area contributed by atoms with Gasteiger partial charge in [-0.3, -0.25) is 0 Å². The summed E-state index contributed by atoms with van der Waals surface area (Å²) in [5, 5.41) is 0. The van der Waals surface area contributed by atoms with Gasteiger partial charge in [0.25, 0.3) is 0 Å². The molecule has 0 heterocycles. The molecule has 0 unspecified atom stereocenters. The summed E-state index contributed by atoms with van der Waals surface area (Å²) in [7, 11) is 0. The van der Waals surface area contributed by atoms with E-state index < -0.39 is 0 Å². The molecule has 0 aliphatic carbocycles. The first-order chi connectivity index (χ1) is 2.41. The van der Waals surface area contributed by atoms with Gasteiger partial charge < -0.3 is 0 Å². The van der Waals surface area contributed by atoms with Crippen LogP contribution in [0.3, 0.4) is 0 Å². The fourth-order valence-electron chi connectivity index (χ4n) is 0. The third-order valence-electron chi connectivity index (χ3n) is 0. The first-order valence-electron chi connectivity index (χ1n) is 1.60. The van der Waals surface area contributed by atoms with Gasteiger partial charge in [-0.1, -0.05) is 20.3 Å². The van der Waals surface area contributed by atoms with Gasteiger partial charge in [-0.2, -0.15) is 0 Å². The van der Waals surface area contributed by atoms with Crippen molar-refractivity contribution in [3.8, 4) is 0 Å². The fraction of sp³-hybridized carbons (Fsp3) is 1.00. The van der Waals surface area contributed by atoms with Crippen LogP contribution in [0.15, 0.2) is 0 Å². The molecule has 0 amide bonds. The van der Waals surface area contributed by atoms with Crippen molar-refractivity contribution in [2.75, 3.05) is 0 Å². The van der Waals surface area contributed by atoms with Crippen LogP contribution in [0, 0.1) is 0 Å². The fourth-order valence-corrected chi connectivity index (χ4v) is 0. The van der Waals surface area contributed by atoms with Crippen LogP contribution in [-0.4, -0.2) is 0 Å². The van der Waals surface area contributed by atoms with E-state index in [4.69, 9.17) is 3.25 Å². The van der Waals surface area contributed by atoms with E-state index >= 15 is 0 Å². The Morgan fingerprint density at radius 1 is 1.40 bits per heavy atom. The second-order valence-corrected chi connectivity index (χ2v) is 0.707. The van der Waals surface area contributed by atoms with Gasteiger partial charge in [0.05, 0.1) is 0 Å². The quantitative estimate of drug-likeness (QED) is 0.479. The van der Waals surface area contributed by atoms with Crippen molar-refractivity contribution in [2.24, 2.45) is 0 Å². The Labute approximate surface area is 45.0 Å². The second kappa shape index (κ2) is 24.0. The van der Waals surface area contributed by atoms with Crippen LogP contribution >= 0.6 is 0 Å². The Morgan fingerprint density at radius 3 is 1.40 bits per heavy atom. The van der Waals surface area contributed by atoms with E-state index in [0.29, 0.717) is 21.0 Å². The Hall–Kier alpha value is 0.540. The van der Waals surface area contributed by atoms with Gasteiger partial charge in [0.1, 0.15) is 0 Å². The van der Waals surface area contributed by atoms with E-state index in [1.54, 1.807) is 0 Å². The molecule has 0 saturated heterocycles. The molecule has 0 aromatic heterocycles. The molecular formula is C3H8NbO. The Bertz CT molecular complexity index is 10.9. The summed E-state index contributed by atoms with van der Waals surface area (Å²) in [6.07, 6.45) is 1.25. The third-order valence-corrected chi connectivity index (χ3v) is 0. The summed E-state index contributed by atoms with van der Waals surface area (Å²) >= 11 is 0.500. The van der Waals surface area contributed by atoms with Crippen LogP contribution in [0.1, 0.15) is 20.3 Å². The SMILES string of the molecule is CCC.[O]=[Nb]. The monoisotopic (exact) mass is 153 g/mol.